The van der Waals surface area contributed by atoms with Crippen molar-refractivity contribution < 1.29 is 9.53 Å². The van der Waals surface area contributed by atoms with E-state index in [0.717, 1.165) is 6.42 Å². The second-order valence-electron chi connectivity index (χ2n) is 3.74. The van der Waals surface area contributed by atoms with Crippen LogP contribution in [0.4, 0.5) is 0 Å². The van der Waals surface area contributed by atoms with Gasteiger partial charge in [0.2, 0.25) is 0 Å². The van der Waals surface area contributed by atoms with Crippen LogP contribution >= 0.6 is 0 Å². The van der Waals surface area contributed by atoms with Crippen molar-refractivity contribution in [1.82, 2.24) is 0 Å². The molecule has 0 heterocycles. The molecule has 0 aromatic heterocycles. The average Bonchev–Trinajstić information content (AvgIpc) is 1.96. The summed E-state index contributed by atoms with van der Waals surface area (Å²) in [5.41, 5.74) is -0.379. The molecule has 0 spiro atoms. The van der Waals surface area contributed by atoms with Gasteiger partial charge in [0.05, 0.1) is 12.0 Å². The van der Waals surface area contributed by atoms with Crippen LogP contribution in [0.15, 0.2) is 12.2 Å². The molecule has 2 heteroatoms. The van der Waals surface area contributed by atoms with Gasteiger partial charge in [-0.05, 0) is 34.1 Å². The Hall–Kier alpha value is -0.790. The Morgan fingerprint density at radius 2 is 2.00 bits per heavy atom. The van der Waals surface area contributed by atoms with E-state index in [4.69, 9.17) is 4.74 Å². The van der Waals surface area contributed by atoms with E-state index in [9.17, 15) is 4.79 Å². The third-order valence-electron chi connectivity index (χ3n) is 1.37. The number of carbonyl (C=O) groups excluding carboxylic acids is 1. The van der Waals surface area contributed by atoms with E-state index in [-0.39, 0.29) is 11.4 Å². The Labute approximate surface area is 74.6 Å². The van der Waals surface area contributed by atoms with E-state index < -0.39 is 0 Å². The molecule has 0 saturated carbocycles. The smallest absolute Gasteiger partial charge is 0.311 e. The van der Waals surface area contributed by atoms with Crippen LogP contribution in [-0.2, 0) is 9.53 Å². The lowest BCUT2D eigenvalue weighted by Crippen LogP contribution is -2.23. The van der Waals surface area contributed by atoms with Crippen molar-refractivity contribution in [1.29, 1.82) is 0 Å². The molecule has 12 heavy (non-hydrogen) atoms. The molecule has 0 amide bonds. The molecule has 0 N–H and O–H groups in total. The molecule has 0 unspecified atom stereocenters. The first-order valence-electron chi connectivity index (χ1n) is 4.27. The van der Waals surface area contributed by atoms with Crippen LogP contribution in [0.2, 0.25) is 0 Å². The maximum Gasteiger partial charge on any atom is 0.311 e. The highest BCUT2D eigenvalue weighted by Gasteiger charge is 2.22. The molecular formula is C10H18O2. The van der Waals surface area contributed by atoms with Gasteiger partial charge in [0, 0.05) is 0 Å². The predicted molar refractivity (Wildman–Crippen MR) is 49.8 cm³/mol. The van der Waals surface area contributed by atoms with Crippen LogP contribution in [0.1, 0.15) is 34.1 Å². The molecule has 0 rings (SSSR count). The number of hydrogen-bond donors (Lipinski definition) is 0. The number of ether oxygens (including phenoxy) is 1. The molecule has 2 nitrogen and oxygen atoms in total. The maximum atomic E-state index is 11.2. The fourth-order valence-corrected chi connectivity index (χ4v) is 0.603. The number of carbonyl (C=O) groups is 1. The van der Waals surface area contributed by atoms with Crippen molar-refractivity contribution in [3.63, 3.8) is 0 Å². The molecule has 0 aliphatic carbocycles. The van der Waals surface area contributed by atoms with Gasteiger partial charge in [-0.15, -0.1) is 0 Å². The van der Waals surface area contributed by atoms with Crippen molar-refractivity contribution in [2.75, 3.05) is 6.61 Å². The Morgan fingerprint density at radius 1 is 1.42 bits per heavy atom. The van der Waals surface area contributed by atoms with Crippen LogP contribution in [0.3, 0.4) is 0 Å². The molecule has 0 aromatic carbocycles. The number of hydrogen-bond acceptors (Lipinski definition) is 2. The SMILES string of the molecule is C/C=C/CCOC(=O)C(C)(C)C. The Balaban J connectivity index is 3.59. The summed E-state index contributed by atoms with van der Waals surface area (Å²) in [6.07, 6.45) is 4.74. The topological polar surface area (TPSA) is 26.3 Å². The van der Waals surface area contributed by atoms with Crippen molar-refractivity contribution in [2.45, 2.75) is 34.1 Å². The quantitative estimate of drug-likeness (QED) is 0.369. The van der Waals surface area contributed by atoms with Crippen molar-refractivity contribution in [2.24, 2.45) is 5.41 Å². The van der Waals surface area contributed by atoms with Gasteiger partial charge >= 0.3 is 5.97 Å². The first kappa shape index (κ1) is 11.2. The highest BCUT2D eigenvalue weighted by Crippen LogP contribution is 2.14. The minimum atomic E-state index is -0.379. The highest BCUT2D eigenvalue weighted by atomic mass is 16.5. The molecule has 0 bridgehead atoms. The van der Waals surface area contributed by atoms with E-state index in [2.05, 4.69) is 0 Å². The molecule has 70 valence electrons. The minimum Gasteiger partial charge on any atom is -0.465 e. The summed E-state index contributed by atoms with van der Waals surface area (Å²) in [5, 5.41) is 0. The Kier molecular flexibility index (Phi) is 4.64. The van der Waals surface area contributed by atoms with Crippen LogP contribution in [0.5, 0.6) is 0 Å². The second-order valence-corrected chi connectivity index (χ2v) is 3.74. The fraction of sp³-hybridized carbons (Fsp3) is 0.700. The zero-order valence-corrected chi connectivity index (χ0v) is 8.39. The zero-order valence-electron chi connectivity index (χ0n) is 8.39. The minimum absolute atomic E-state index is 0.132. The van der Waals surface area contributed by atoms with E-state index in [1.165, 1.54) is 0 Å². The number of rotatable bonds is 3. The molecule has 0 fully saturated rings. The van der Waals surface area contributed by atoms with Gasteiger partial charge in [-0.2, -0.15) is 0 Å². The van der Waals surface area contributed by atoms with E-state index in [1.807, 2.05) is 39.8 Å². The van der Waals surface area contributed by atoms with Crippen molar-refractivity contribution in [3.8, 4) is 0 Å². The fourth-order valence-electron chi connectivity index (χ4n) is 0.603. The summed E-state index contributed by atoms with van der Waals surface area (Å²) in [6.45, 7) is 7.99. The zero-order chi connectivity index (χ0) is 9.61. The van der Waals surface area contributed by atoms with E-state index >= 15 is 0 Å². The first-order chi connectivity index (χ1) is 5.48. The van der Waals surface area contributed by atoms with E-state index in [1.54, 1.807) is 0 Å². The second kappa shape index (κ2) is 4.96. The number of esters is 1. The lowest BCUT2D eigenvalue weighted by molar-refractivity contribution is -0.152. The average molecular weight is 170 g/mol. The lowest BCUT2D eigenvalue weighted by Gasteiger charge is -2.15. The standard InChI is InChI=1S/C10H18O2/c1-5-6-7-8-12-9(11)10(2,3)4/h5-6H,7-8H2,1-4H3/b6-5+. The lowest BCUT2D eigenvalue weighted by atomic mass is 9.97. The van der Waals surface area contributed by atoms with Crippen molar-refractivity contribution >= 4 is 5.97 Å². The monoisotopic (exact) mass is 170 g/mol. The predicted octanol–water partition coefficient (Wildman–Crippen LogP) is 2.54. The third-order valence-corrected chi connectivity index (χ3v) is 1.37. The summed E-state index contributed by atoms with van der Waals surface area (Å²) >= 11 is 0. The maximum absolute atomic E-state index is 11.2. The van der Waals surface area contributed by atoms with Gasteiger partial charge in [-0.25, -0.2) is 0 Å². The van der Waals surface area contributed by atoms with Crippen LogP contribution in [0.25, 0.3) is 0 Å². The van der Waals surface area contributed by atoms with Crippen molar-refractivity contribution in [3.05, 3.63) is 12.2 Å². The van der Waals surface area contributed by atoms with Gasteiger partial charge in [-0.1, -0.05) is 12.2 Å². The summed E-state index contributed by atoms with van der Waals surface area (Å²) in [7, 11) is 0. The molecule has 0 aromatic rings. The van der Waals surface area contributed by atoms with Gasteiger partial charge in [-0.3, -0.25) is 4.79 Å². The number of allylic oxidation sites excluding steroid dienone is 1. The van der Waals surface area contributed by atoms with Gasteiger partial charge < -0.3 is 4.74 Å². The van der Waals surface area contributed by atoms with Crippen LogP contribution < -0.4 is 0 Å². The normalized spacial score (nSPS) is 12.0. The van der Waals surface area contributed by atoms with E-state index in [0.29, 0.717) is 6.61 Å². The van der Waals surface area contributed by atoms with Gasteiger partial charge in [0.1, 0.15) is 0 Å². The summed E-state index contributed by atoms with van der Waals surface area (Å²) < 4.78 is 5.02. The molecule has 0 atom stereocenters. The first-order valence-corrected chi connectivity index (χ1v) is 4.27. The summed E-state index contributed by atoms with van der Waals surface area (Å²) in [4.78, 5) is 11.2. The summed E-state index contributed by atoms with van der Waals surface area (Å²) in [5.74, 6) is -0.132. The largest absolute Gasteiger partial charge is 0.465 e. The Bertz CT molecular complexity index is 163. The molecule has 0 radical (unpaired) electrons. The Morgan fingerprint density at radius 3 is 2.42 bits per heavy atom. The molecule has 0 aliphatic heterocycles. The van der Waals surface area contributed by atoms with Crippen LogP contribution in [-0.4, -0.2) is 12.6 Å². The highest BCUT2D eigenvalue weighted by molar-refractivity contribution is 5.75. The van der Waals surface area contributed by atoms with Gasteiger partial charge in [0.25, 0.3) is 0 Å². The third kappa shape index (κ3) is 4.94. The molecule has 0 saturated heterocycles. The summed E-state index contributed by atoms with van der Waals surface area (Å²) in [6, 6.07) is 0. The molecular weight excluding hydrogens is 152 g/mol. The van der Waals surface area contributed by atoms with Crippen LogP contribution in [0, 0.1) is 5.41 Å². The van der Waals surface area contributed by atoms with Gasteiger partial charge in [0.15, 0.2) is 0 Å². The molecule has 0 aliphatic rings.